The molecule has 3 nitrogen and oxygen atoms in total. The number of fused-ring (bicyclic) bond motifs is 1. The van der Waals surface area contributed by atoms with Gasteiger partial charge in [-0.3, -0.25) is 9.97 Å². The van der Waals surface area contributed by atoms with Gasteiger partial charge in [-0.05, 0) is 43.2 Å². The number of pyridine rings is 2. The fourth-order valence-electron chi connectivity index (χ4n) is 2.97. The van der Waals surface area contributed by atoms with Crippen LogP contribution in [0, 0.1) is 0 Å². The fourth-order valence-corrected chi connectivity index (χ4v) is 2.97. The zero-order valence-electron chi connectivity index (χ0n) is 14.2. The maximum atomic E-state index is 6.18. The number of aromatic nitrogens is 2. The third-order valence-electron chi connectivity index (χ3n) is 4.51. The van der Waals surface area contributed by atoms with E-state index < -0.39 is 0 Å². The van der Waals surface area contributed by atoms with Gasteiger partial charge in [0.05, 0.1) is 29.1 Å². The van der Waals surface area contributed by atoms with Crippen molar-refractivity contribution in [3.8, 4) is 0 Å². The van der Waals surface area contributed by atoms with Gasteiger partial charge in [0.25, 0.3) is 0 Å². The summed E-state index contributed by atoms with van der Waals surface area (Å²) < 4.78 is 6.18. The van der Waals surface area contributed by atoms with Crippen molar-refractivity contribution in [2.75, 3.05) is 0 Å². The van der Waals surface area contributed by atoms with Crippen molar-refractivity contribution in [3.05, 3.63) is 90.4 Å². The highest BCUT2D eigenvalue weighted by molar-refractivity contribution is 5.78. The zero-order chi connectivity index (χ0) is 17.1. The molecule has 1 aliphatic rings. The minimum atomic E-state index is -0.314. The zero-order valence-corrected chi connectivity index (χ0v) is 14.2. The Balaban J connectivity index is 1.44. The summed E-state index contributed by atoms with van der Waals surface area (Å²) in [4.78, 5) is 9.08. The summed E-state index contributed by atoms with van der Waals surface area (Å²) in [5, 5.41) is 1.15. The first kappa shape index (κ1) is 15.7. The second-order valence-electron chi connectivity index (χ2n) is 6.51. The second-order valence-corrected chi connectivity index (χ2v) is 6.51. The molecule has 0 amide bonds. The second kappa shape index (κ2) is 6.61. The average molecular weight is 328 g/mol. The number of nitrogens with zero attached hydrogens (tertiary/aromatic N) is 2. The van der Waals surface area contributed by atoms with Crippen LogP contribution in [-0.2, 0) is 11.3 Å². The van der Waals surface area contributed by atoms with Gasteiger partial charge >= 0.3 is 0 Å². The van der Waals surface area contributed by atoms with Gasteiger partial charge in [-0.25, -0.2) is 0 Å². The Morgan fingerprint density at radius 3 is 2.72 bits per heavy atom. The highest BCUT2D eigenvalue weighted by Crippen LogP contribution is 2.29. The molecule has 3 heteroatoms. The van der Waals surface area contributed by atoms with Gasteiger partial charge in [-0.15, -0.1) is 0 Å². The number of benzene rings is 1. The third-order valence-corrected chi connectivity index (χ3v) is 4.51. The van der Waals surface area contributed by atoms with Crippen LogP contribution >= 0.6 is 0 Å². The molecule has 2 aromatic heterocycles. The summed E-state index contributed by atoms with van der Waals surface area (Å²) in [6.45, 7) is 2.61. The topological polar surface area (TPSA) is 35.0 Å². The van der Waals surface area contributed by atoms with Crippen LogP contribution in [0.1, 0.15) is 24.7 Å². The predicted octanol–water partition coefficient (Wildman–Crippen LogP) is 4.95. The largest absolute Gasteiger partial charge is 0.365 e. The van der Waals surface area contributed by atoms with E-state index in [1.807, 2.05) is 48.7 Å². The number of para-hydroxylation sites is 1. The van der Waals surface area contributed by atoms with E-state index in [0.29, 0.717) is 6.61 Å². The fraction of sp³-hybridized carbons (Fsp3) is 0.182. The number of rotatable bonds is 4. The Morgan fingerprint density at radius 1 is 1.04 bits per heavy atom. The molecule has 4 rings (SSSR count). The minimum absolute atomic E-state index is 0.314. The van der Waals surface area contributed by atoms with Gasteiger partial charge in [0, 0.05) is 11.6 Å². The maximum absolute atomic E-state index is 6.18. The Labute approximate surface area is 147 Å². The van der Waals surface area contributed by atoms with Crippen molar-refractivity contribution in [2.24, 2.45) is 0 Å². The van der Waals surface area contributed by atoms with Gasteiger partial charge in [0.2, 0.25) is 0 Å². The van der Waals surface area contributed by atoms with Crippen LogP contribution in [-0.4, -0.2) is 15.6 Å². The lowest BCUT2D eigenvalue weighted by molar-refractivity contribution is -0.00649. The van der Waals surface area contributed by atoms with Crippen LogP contribution in [0.15, 0.2) is 79.0 Å². The van der Waals surface area contributed by atoms with E-state index in [4.69, 9.17) is 4.74 Å². The van der Waals surface area contributed by atoms with Gasteiger partial charge < -0.3 is 4.74 Å². The molecular weight excluding hydrogens is 308 g/mol. The SMILES string of the molecule is CC1(OCc2ccc3ccccc3n2)C=CC(c2ccccn2)=CC1. The smallest absolute Gasteiger partial charge is 0.0900 e. The molecule has 1 unspecified atom stereocenters. The number of hydrogen-bond acceptors (Lipinski definition) is 3. The Kier molecular flexibility index (Phi) is 4.16. The Bertz CT molecular complexity index is 946. The molecule has 25 heavy (non-hydrogen) atoms. The summed E-state index contributed by atoms with van der Waals surface area (Å²) >= 11 is 0. The van der Waals surface area contributed by atoms with E-state index >= 15 is 0 Å². The van der Waals surface area contributed by atoms with E-state index in [-0.39, 0.29) is 5.60 Å². The predicted molar refractivity (Wildman–Crippen MR) is 101 cm³/mol. The summed E-state index contributed by atoms with van der Waals surface area (Å²) in [5.41, 5.74) is 3.78. The van der Waals surface area contributed by atoms with Crippen molar-refractivity contribution in [1.82, 2.24) is 9.97 Å². The molecule has 1 atom stereocenters. The van der Waals surface area contributed by atoms with E-state index in [1.165, 1.54) is 0 Å². The van der Waals surface area contributed by atoms with E-state index in [1.54, 1.807) is 0 Å². The van der Waals surface area contributed by atoms with Crippen molar-refractivity contribution in [2.45, 2.75) is 25.6 Å². The molecule has 0 bridgehead atoms. The molecule has 1 aromatic carbocycles. The highest BCUT2D eigenvalue weighted by Gasteiger charge is 2.24. The Morgan fingerprint density at radius 2 is 1.92 bits per heavy atom. The van der Waals surface area contributed by atoms with Crippen LogP contribution in [0.3, 0.4) is 0 Å². The minimum Gasteiger partial charge on any atom is -0.365 e. The van der Waals surface area contributed by atoms with Crippen LogP contribution in [0.5, 0.6) is 0 Å². The monoisotopic (exact) mass is 328 g/mol. The molecule has 0 saturated carbocycles. The summed E-state index contributed by atoms with van der Waals surface area (Å²) in [7, 11) is 0. The first-order chi connectivity index (χ1) is 12.2. The normalized spacial score (nSPS) is 19.8. The molecule has 0 fully saturated rings. The molecule has 2 heterocycles. The molecule has 0 N–H and O–H groups in total. The van der Waals surface area contributed by atoms with E-state index in [0.717, 1.165) is 34.3 Å². The van der Waals surface area contributed by atoms with E-state index in [2.05, 4.69) is 47.3 Å². The molecule has 0 aliphatic heterocycles. The van der Waals surface area contributed by atoms with Crippen molar-refractivity contribution in [1.29, 1.82) is 0 Å². The van der Waals surface area contributed by atoms with Gasteiger partial charge in [-0.2, -0.15) is 0 Å². The quantitative estimate of drug-likeness (QED) is 0.680. The maximum Gasteiger partial charge on any atom is 0.0900 e. The first-order valence-corrected chi connectivity index (χ1v) is 8.51. The molecule has 0 saturated heterocycles. The van der Waals surface area contributed by atoms with Gasteiger partial charge in [-0.1, -0.05) is 48.6 Å². The van der Waals surface area contributed by atoms with Crippen molar-refractivity contribution < 1.29 is 4.74 Å². The number of hydrogen-bond donors (Lipinski definition) is 0. The van der Waals surface area contributed by atoms with Crippen LogP contribution in [0.2, 0.25) is 0 Å². The summed E-state index contributed by atoms with van der Waals surface area (Å²) in [6.07, 6.45) is 9.05. The summed E-state index contributed by atoms with van der Waals surface area (Å²) in [5.74, 6) is 0. The van der Waals surface area contributed by atoms with Gasteiger partial charge in [0.1, 0.15) is 0 Å². The summed E-state index contributed by atoms with van der Waals surface area (Å²) in [6, 6.07) is 18.2. The third kappa shape index (κ3) is 3.52. The lowest BCUT2D eigenvalue weighted by Crippen LogP contribution is -2.27. The number of ether oxygens (including phenoxy) is 1. The Hall–Kier alpha value is -2.78. The molecule has 0 radical (unpaired) electrons. The standard InChI is InChI=1S/C22H20N2O/c1-22(13-11-18(12-14-22)20-7-4-5-15-23-20)25-16-19-10-9-17-6-2-3-8-21(17)24-19/h2-13,15H,14,16H2,1H3. The molecule has 124 valence electrons. The molecule has 3 aromatic rings. The lowest BCUT2D eigenvalue weighted by atomic mass is 9.92. The number of allylic oxidation sites excluding steroid dienone is 2. The van der Waals surface area contributed by atoms with Crippen molar-refractivity contribution >= 4 is 16.5 Å². The van der Waals surface area contributed by atoms with Crippen LogP contribution in [0.25, 0.3) is 16.5 Å². The van der Waals surface area contributed by atoms with Crippen LogP contribution < -0.4 is 0 Å². The van der Waals surface area contributed by atoms with Crippen molar-refractivity contribution in [3.63, 3.8) is 0 Å². The molecule has 1 aliphatic carbocycles. The molecule has 0 spiro atoms. The lowest BCUT2D eigenvalue weighted by Gasteiger charge is -2.28. The molecular formula is C22H20N2O. The van der Waals surface area contributed by atoms with E-state index in [9.17, 15) is 0 Å². The van der Waals surface area contributed by atoms with Crippen LogP contribution in [0.4, 0.5) is 0 Å². The average Bonchev–Trinajstić information content (AvgIpc) is 2.68. The first-order valence-electron chi connectivity index (χ1n) is 8.51. The highest BCUT2D eigenvalue weighted by atomic mass is 16.5. The van der Waals surface area contributed by atoms with Gasteiger partial charge in [0.15, 0.2) is 0 Å².